The number of benzene rings is 1. The summed E-state index contributed by atoms with van der Waals surface area (Å²) in [6.07, 6.45) is 21.9. The predicted octanol–water partition coefficient (Wildman–Crippen LogP) is 7.36. The van der Waals surface area contributed by atoms with Crippen LogP contribution in [0.15, 0.2) is 24.3 Å². The summed E-state index contributed by atoms with van der Waals surface area (Å²) in [5, 5.41) is 3.05. The number of nitrogens with one attached hydrogen (secondary N) is 1. The minimum atomic E-state index is -4.16. The SMILES string of the molecule is C[N+](C)(C)CCOP(=O)([O-])OCCCCCCCCCCCCCCCCCCc1ccccc1NC(=O)CCCN. The Morgan fingerprint density at radius 3 is 1.76 bits per heavy atom. The molecule has 0 aromatic heterocycles. The Hall–Kier alpha value is -1.28. The van der Waals surface area contributed by atoms with Crippen molar-refractivity contribution in [2.45, 2.75) is 122 Å². The van der Waals surface area contributed by atoms with Crippen LogP contribution < -0.4 is 15.9 Å². The van der Waals surface area contributed by atoms with E-state index in [1.54, 1.807) is 0 Å². The average molecular weight is 612 g/mol. The van der Waals surface area contributed by atoms with Gasteiger partial charge in [-0.05, 0) is 43.9 Å². The molecule has 42 heavy (non-hydrogen) atoms. The number of nitrogens with zero attached hydrogens (tertiary/aromatic N) is 1. The van der Waals surface area contributed by atoms with Gasteiger partial charge < -0.3 is 29.5 Å². The van der Waals surface area contributed by atoms with Crippen LogP contribution in [0.3, 0.4) is 0 Å². The van der Waals surface area contributed by atoms with E-state index in [-0.39, 0.29) is 19.1 Å². The summed E-state index contributed by atoms with van der Waals surface area (Å²) in [4.78, 5) is 23.8. The van der Waals surface area contributed by atoms with Gasteiger partial charge in [-0.2, -0.15) is 0 Å². The molecule has 0 saturated carbocycles. The van der Waals surface area contributed by atoms with E-state index in [2.05, 4.69) is 11.4 Å². The lowest BCUT2D eigenvalue weighted by atomic mass is 10.0. The summed E-state index contributed by atoms with van der Waals surface area (Å²) in [5.74, 6) is 0.0525. The molecule has 1 atom stereocenters. The van der Waals surface area contributed by atoms with Crippen molar-refractivity contribution in [3.63, 3.8) is 0 Å². The first kappa shape index (κ1) is 38.7. The number of unbranched alkanes of at least 4 members (excludes halogenated alkanes) is 15. The molecule has 0 heterocycles. The van der Waals surface area contributed by atoms with Crippen LogP contribution in [0.2, 0.25) is 0 Å². The molecule has 244 valence electrons. The van der Waals surface area contributed by atoms with E-state index in [0.717, 1.165) is 44.2 Å². The van der Waals surface area contributed by atoms with E-state index < -0.39 is 7.82 Å². The minimum absolute atomic E-state index is 0.0525. The van der Waals surface area contributed by atoms with Crippen molar-refractivity contribution in [2.24, 2.45) is 5.73 Å². The molecule has 0 aliphatic carbocycles. The fourth-order valence-electron chi connectivity index (χ4n) is 4.87. The van der Waals surface area contributed by atoms with Gasteiger partial charge in [0, 0.05) is 12.1 Å². The molecule has 0 fully saturated rings. The highest BCUT2D eigenvalue weighted by Crippen LogP contribution is 2.38. The number of quaternary nitrogens is 1. The molecule has 8 nitrogen and oxygen atoms in total. The number of likely N-dealkylation sites (N-methyl/N-ethyl adjacent to an activating group) is 1. The molecule has 0 aliphatic heterocycles. The van der Waals surface area contributed by atoms with Crippen LogP contribution in [-0.4, -0.2) is 57.8 Å². The molecule has 1 unspecified atom stereocenters. The van der Waals surface area contributed by atoms with Gasteiger partial charge in [0.1, 0.15) is 13.2 Å². The molecular formula is C33H62N3O5P. The zero-order valence-electron chi connectivity index (χ0n) is 27.1. The molecule has 0 radical (unpaired) electrons. The van der Waals surface area contributed by atoms with Crippen LogP contribution in [0.4, 0.5) is 5.69 Å². The van der Waals surface area contributed by atoms with Gasteiger partial charge in [0.15, 0.2) is 0 Å². The minimum Gasteiger partial charge on any atom is -0.756 e. The van der Waals surface area contributed by atoms with Gasteiger partial charge in [0.25, 0.3) is 7.82 Å². The monoisotopic (exact) mass is 611 g/mol. The number of hydrogen-bond acceptors (Lipinski definition) is 6. The largest absolute Gasteiger partial charge is 0.756 e. The molecule has 0 spiro atoms. The van der Waals surface area contributed by atoms with Crippen LogP contribution in [-0.2, 0) is 24.8 Å². The molecule has 9 heteroatoms. The summed E-state index contributed by atoms with van der Waals surface area (Å²) in [6, 6.07) is 8.15. The molecule has 1 aromatic rings. The number of rotatable bonds is 28. The fraction of sp³-hybridized carbons (Fsp3) is 0.788. The van der Waals surface area contributed by atoms with Crippen LogP contribution in [0.25, 0.3) is 0 Å². The van der Waals surface area contributed by atoms with Gasteiger partial charge in [0.05, 0.1) is 27.7 Å². The van der Waals surface area contributed by atoms with Crippen molar-refractivity contribution >= 4 is 19.4 Å². The summed E-state index contributed by atoms with van der Waals surface area (Å²) in [5.41, 5.74) is 7.69. The fourth-order valence-corrected chi connectivity index (χ4v) is 5.60. The Balaban J connectivity index is 1.87. The van der Waals surface area contributed by atoms with E-state index in [9.17, 15) is 14.3 Å². The second kappa shape index (κ2) is 24.1. The number of nitrogens with two attached hydrogens (primary N) is 1. The van der Waals surface area contributed by atoms with Crippen molar-refractivity contribution in [3.8, 4) is 0 Å². The van der Waals surface area contributed by atoms with Gasteiger partial charge in [-0.3, -0.25) is 9.36 Å². The van der Waals surface area contributed by atoms with Gasteiger partial charge >= 0.3 is 0 Å². The van der Waals surface area contributed by atoms with Crippen molar-refractivity contribution in [2.75, 3.05) is 52.8 Å². The quantitative estimate of drug-likeness (QED) is 0.0582. The normalized spacial score (nSPS) is 13.3. The smallest absolute Gasteiger partial charge is 0.268 e. The number of anilines is 1. The zero-order chi connectivity index (χ0) is 30.9. The first-order valence-electron chi connectivity index (χ1n) is 16.6. The molecule has 1 rings (SSSR count). The molecule has 3 N–H and O–H groups in total. The Morgan fingerprint density at radius 2 is 1.24 bits per heavy atom. The zero-order valence-corrected chi connectivity index (χ0v) is 28.0. The average Bonchev–Trinajstić information content (AvgIpc) is 2.93. The number of phosphoric ester groups is 1. The highest BCUT2D eigenvalue weighted by atomic mass is 31.2. The first-order valence-corrected chi connectivity index (χ1v) is 18.1. The molecular weight excluding hydrogens is 549 g/mol. The number of carbonyl (C=O) groups excluding carboxylic acids is 1. The number of aryl methyl sites for hydroxylation is 1. The Morgan fingerprint density at radius 1 is 0.762 bits per heavy atom. The maximum Gasteiger partial charge on any atom is 0.268 e. The molecule has 0 bridgehead atoms. The standard InChI is InChI=1S/C33H62N3O5P/c1-36(2,3)28-30-41-42(38,39)40-29-21-17-15-13-11-9-7-5-4-6-8-10-12-14-16-18-23-31-24-19-20-25-32(31)35-33(37)26-22-27-34/h19-20,24-25H,4-18,21-23,26-30,34H2,1-3H3,(H-,35,37,38,39). The maximum absolute atomic E-state index is 12.0. The number of hydrogen-bond donors (Lipinski definition) is 2. The number of phosphoric acid groups is 1. The highest BCUT2D eigenvalue weighted by molar-refractivity contribution is 7.45. The summed E-state index contributed by atoms with van der Waals surface area (Å²) in [7, 11) is 1.81. The summed E-state index contributed by atoms with van der Waals surface area (Å²) < 4.78 is 22.3. The van der Waals surface area contributed by atoms with E-state index in [4.69, 9.17) is 14.8 Å². The van der Waals surface area contributed by atoms with Gasteiger partial charge in [-0.1, -0.05) is 108 Å². The Labute approximate surface area is 257 Å². The van der Waals surface area contributed by atoms with E-state index >= 15 is 0 Å². The lowest BCUT2D eigenvalue weighted by Gasteiger charge is -2.27. The predicted molar refractivity (Wildman–Crippen MR) is 173 cm³/mol. The van der Waals surface area contributed by atoms with Crippen LogP contribution >= 0.6 is 7.82 Å². The van der Waals surface area contributed by atoms with Crippen LogP contribution in [0.5, 0.6) is 0 Å². The van der Waals surface area contributed by atoms with Crippen LogP contribution in [0, 0.1) is 0 Å². The lowest BCUT2D eigenvalue weighted by Crippen LogP contribution is -2.37. The van der Waals surface area contributed by atoms with E-state index in [0.29, 0.717) is 24.0 Å². The maximum atomic E-state index is 12.0. The molecule has 0 saturated heterocycles. The second-order valence-corrected chi connectivity index (χ2v) is 14.0. The third-order valence-corrected chi connectivity index (χ3v) is 8.50. The van der Waals surface area contributed by atoms with Gasteiger partial charge in [0.2, 0.25) is 5.91 Å². The highest BCUT2D eigenvalue weighted by Gasteiger charge is 2.13. The Kier molecular flexibility index (Phi) is 22.2. The lowest BCUT2D eigenvalue weighted by molar-refractivity contribution is -0.870. The number of carbonyl (C=O) groups is 1. The van der Waals surface area contributed by atoms with Gasteiger partial charge in [-0.25, -0.2) is 0 Å². The first-order chi connectivity index (χ1) is 20.1. The van der Waals surface area contributed by atoms with E-state index in [1.165, 1.54) is 82.6 Å². The topological polar surface area (TPSA) is 114 Å². The third kappa shape index (κ3) is 23.2. The Bertz CT molecular complexity index is 862. The summed E-state index contributed by atoms with van der Waals surface area (Å²) in [6.45, 7) is 1.54. The van der Waals surface area contributed by atoms with Crippen molar-refractivity contribution < 1.29 is 27.8 Å². The number of amides is 1. The van der Waals surface area contributed by atoms with Crippen LogP contribution in [0.1, 0.15) is 121 Å². The molecule has 1 amide bonds. The van der Waals surface area contributed by atoms with Gasteiger partial charge in [-0.15, -0.1) is 0 Å². The second-order valence-electron chi connectivity index (χ2n) is 12.6. The molecule has 0 aliphatic rings. The third-order valence-electron chi connectivity index (χ3n) is 7.50. The molecule has 1 aromatic carbocycles. The summed E-state index contributed by atoms with van der Waals surface area (Å²) >= 11 is 0. The van der Waals surface area contributed by atoms with Crippen molar-refractivity contribution in [1.82, 2.24) is 0 Å². The van der Waals surface area contributed by atoms with Crippen molar-refractivity contribution in [1.29, 1.82) is 0 Å². The van der Waals surface area contributed by atoms with Crippen molar-refractivity contribution in [3.05, 3.63) is 29.8 Å². The number of para-hydroxylation sites is 1. The van der Waals surface area contributed by atoms with E-state index in [1.807, 2.05) is 39.3 Å².